The molecule has 0 saturated carbocycles. The lowest BCUT2D eigenvalue weighted by Gasteiger charge is -2.39. The minimum Gasteiger partial charge on any atom is -0.769 e. The first-order chi connectivity index (χ1) is 14.0. The van der Waals surface area contributed by atoms with E-state index in [0.717, 1.165) is 10.6 Å². The highest BCUT2D eigenvalue weighted by molar-refractivity contribution is 7.90. The number of anilines is 1. The van der Waals surface area contributed by atoms with E-state index in [-0.39, 0.29) is 11.4 Å². The van der Waals surface area contributed by atoms with Gasteiger partial charge in [0.25, 0.3) is 10.1 Å². The molecule has 1 aliphatic carbocycles. The van der Waals surface area contributed by atoms with Crippen molar-refractivity contribution in [2.45, 2.75) is 13.8 Å². The summed E-state index contributed by atoms with van der Waals surface area (Å²) in [6, 6.07) is 6.88. The first-order valence-electron chi connectivity index (χ1n) is 8.21. The maximum Gasteiger partial charge on any atom is 0.301 e. The second-order valence-corrected chi connectivity index (χ2v) is 7.63. The van der Waals surface area contributed by atoms with E-state index in [2.05, 4.69) is 15.3 Å². The molecule has 0 aromatic heterocycles. The van der Waals surface area contributed by atoms with Crippen LogP contribution in [0.5, 0.6) is 0 Å². The molecule has 0 fully saturated rings. The van der Waals surface area contributed by atoms with Crippen LogP contribution in [0.4, 0.5) is 5.69 Å². The van der Waals surface area contributed by atoms with E-state index >= 15 is 0 Å². The van der Waals surface area contributed by atoms with Gasteiger partial charge in [-0.15, -0.1) is 10.2 Å². The minimum atomic E-state index is -4.86. The second-order valence-electron chi connectivity index (χ2n) is 6.21. The third kappa shape index (κ3) is 4.08. The third-order valence-electron chi connectivity index (χ3n) is 4.04. The van der Waals surface area contributed by atoms with Gasteiger partial charge in [0.05, 0.1) is 22.0 Å². The summed E-state index contributed by atoms with van der Waals surface area (Å²) in [6.07, 6.45) is 1.04. The molecule has 0 bridgehead atoms. The van der Waals surface area contributed by atoms with E-state index in [4.69, 9.17) is 4.55 Å². The molecule has 30 heavy (non-hydrogen) atoms. The number of rotatable bonds is 4. The summed E-state index contributed by atoms with van der Waals surface area (Å²) in [4.78, 5) is 23.9. The number of aryl methyl sites for hydroxylation is 1. The van der Waals surface area contributed by atoms with Crippen LogP contribution in [-0.4, -0.2) is 47.0 Å². The monoisotopic (exact) mass is 431 g/mol. The van der Waals surface area contributed by atoms with Crippen LogP contribution in [0.25, 0.3) is 0 Å². The van der Waals surface area contributed by atoms with Gasteiger partial charge in [-0.25, -0.2) is 0 Å². The summed E-state index contributed by atoms with van der Waals surface area (Å²) in [6.45, 7) is 3.34. The van der Waals surface area contributed by atoms with Gasteiger partial charge in [-0.2, -0.15) is 18.5 Å². The Kier molecular flexibility index (Phi) is 5.45. The van der Waals surface area contributed by atoms with Gasteiger partial charge in [-0.1, -0.05) is 17.7 Å². The zero-order chi connectivity index (χ0) is 22.2. The number of hydrazone groups is 1. The zero-order valence-electron chi connectivity index (χ0n) is 15.5. The van der Waals surface area contributed by atoms with Gasteiger partial charge in [0.1, 0.15) is 5.71 Å². The number of allylic oxidation sites excluding steroid dienone is 3. The lowest BCUT2D eigenvalue weighted by Crippen LogP contribution is -2.28. The molecule has 1 aromatic carbocycles. The van der Waals surface area contributed by atoms with E-state index < -0.39 is 43.3 Å². The molecule has 0 atom stereocenters. The summed E-state index contributed by atoms with van der Waals surface area (Å²) in [5, 5.41) is 33.2. The predicted octanol–water partition coefficient (Wildman–Crippen LogP) is 1.05. The highest BCUT2D eigenvalue weighted by atomic mass is 32.2. The van der Waals surface area contributed by atoms with Crippen molar-refractivity contribution in [2.75, 3.05) is 5.01 Å². The van der Waals surface area contributed by atoms with E-state index in [1.165, 1.54) is 6.92 Å². The summed E-state index contributed by atoms with van der Waals surface area (Å²) >= 11 is 0. The zero-order valence-corrected chi connectivity index (χ0v) is 16.3. The Labute approximate surface area is 170 Å². The van der Waals surface area contributed by atoms with Crippen molar-refractivity contribution in [3.05, 3.63) is 63.0 Å². The number of hydroxylamine groups is 2. The Morgan fingerprint density at radius 3 is 2.27 bits per heavy atom. The minimum absolute atomic E-state index is 0.164. The second kappa shape index (κ2) is 7.72. The van der Waals surface area contributed by atoms with Crippen LogP contribution in [0.2, 0.25) is 0 Å². The van der Waals surface area contributed by atoms with E-state index in [1.807, 2.05) is 6.92 Å². The Morgan fingerprint density at radius 2 is 1.70 bits per heavy atom. The number of benzene rings is 1. The lowest BCUT2D eigenvalue weighted by atomic mass is 10.1. The average Bonchev–Trinajstić information content (AvgIpc) is 2.94. The van der Waals surface area contributed by atoms with Crippen LogP contribution in [0.15, 0.2) is 62.3 Å². The normalized spacial score (nSPS) is 19.9. The van der Waals surface area contributed by atoms with E-state index in [1.54, 1.807) is 24.3 Å². The highest BCUT2D eigenvalue weighted by Crippen LogP contribution is 2.21. The van der Waals surface area contributed by atoms with Gasteiger partial charge in [-0.3, -0.25) is 14.1 Å². The van der Waals surface area contributed by atoms with Gasteiger partial charge in [0, 0.05) is 0 Å². The molecular formula is C17H13N5O7S-2. The third-order valence-corrected chi connectivity index (χ3v) is 4.87. The molecule has 1 heterocycles. The molecule has 0 unspecified atom stereocenters. The number of hydrogen-bond acceptors (Lipinski definition) is 10. The van der Waals surface area contributed by atoms with Crippen LogP contribution in [0.3, 0.4) is 0 Å². The van der Waals surface area contributed by atoms with Gasteiger partial charge < -0.3 is 15.6 Å². The molecule has 13 heteroatoms. The summed E-state index contributed by atoms with van der Waals surface area (Å²) in [5.74, 6) is -1.89. The van der Waals surface area contributed by atoms with Crippen LogP contribution in [0, 0.1) is 17.3 Å². The van der Waals surface area contributed by atoms with Crippen LogP contribution >= 0.6 is 0 Å². The molecule has 1 N–H and O–H groups in total. The first kappa shape index (κ1) is 21.2. The molecule has 2 aliphatic rings. The fraction of sp³-hybridized carbons (Fsp3) is 0.118. The van der Waals surface area contributed by atoms with Gasteiger partial charge in [0.15, 0.2) is 5.71 Å². The SMILES string of the molecule is CC1=NN(c2ccc(C)cc2)C(=O)C1=NN=C1C=C(S(=O)(=O)O)C=C(N([O-])[O-])C1=O. The van der Waals surface area contributed by atoms with Crippen molar-refractivity contribution in [1.29, 1.82) is 0 Å². The molecule has 1 amide bonds. The lowest BCUT2D eigenvalue weighted by molar-refractivity contribution is -0.112. The molecule has 0 radical (unpaired) electrons. The molecule has 3 rings (SSSR count). The first-order valence-corrected chi connectivity index (χ1v) is 9.65. The molecule has 156 valence electrons. The smallest absolute Gasteiger partial charge is 0.301 e. The molecular weight excluding hydrogens is 418 g/mol. The van der Waals surface area contributed by atoms with Crippen LogP contribution in [0.1, 0.15) is 12.5 Å². The Morgan fingerprint density at radius 1 is 1.07 bits per heavy atom. The fourth-order valence-corrected chi connectivity index (χ4v) is 3.03. The summed E-state index contributed by atoms with van der Waals surface area (Å²) in [7, 11) is -4.86. The average molecular weight is 431 g/mol. The highest BCUT2D eigenvalue weighted by Gasteiger charge is 2.31. The fourth-order valence-electron chi connectivity index (χ4n) is 2.51. The van der Waals surface area contributed by atoms with Crippen molar-refractivity contribution in [3.8, 4) is 0 Å². The molecule has 0 saturated heterocycles. The van der Waals surface area contributed by atoms with Crippen LogP contribution < -0.4 is 5.01 Å². The van der Waals surface area contributed by atoms with Gasteiger partial charge in [0.2, 0.25) is 5.78 Å². The number of amides is 1. The van der Waals surface area contributed by atoms with Crippen molar-refractivity contribution < 1.29 is 22.6 Å². The van der Waals surface area contributed by atoms with E-state index in [0.29, 0.717) is 17.8 Å². The Bertz CT molecular complexity index is 1190. The van der Waals surface area contributed by atoms with Crippen molar-refractivity contribution in [3.63, 3.8) is 0 Å². The Hall–Kier alpha value is -3.52. The predicted molar refractivity (Wildman–Crippen MR) is 108 cm³/mol. The number of carbonyl (C=O) groups excluding carboxylic acids is 2. The Balaban J connectivity index is 1.98. The maximum absolute atomic E-state index is 12.6. The molecule has 1 aliphatic heterocycles. The topological polar surface area (TPSA) is 178 Å². The molecule has 12 nitrogen and oxygen atoms in total. The van der Waals surface area contributed by atoms with Gasteiger partial charge in [-0.05, 0) is 38.1 Å². The standard InChI is InChI=1S/C17H13N5O7S/c1-9-3-5-11(6-4-9)21-17(24)15(10(2)20-21)19-18-13-7-12(30(27,28)29)8-14(16(13)23)22(25)26/h3-8H,1-2H3,(H,27,28,29)/q-2. The number of hydrogen-bond donors (Lipinski definition) is 1. The largest absolute Gasteiger partial charge is 0.769 e. The summed E-state index contributed by atoms with van der Waals surface area (Å²) in [5.41, 5.74) is -0.499. The van der Waals surface area contributed by atoms with Crippen molar-refractivity contribution in [1.82, 2.24) is 5.23 Å². The number of nitrogens with zero attached hydrogens (tertiary/aromatic N) is 5. The van der Waals surface area contributed by atoms with Crippen LogP contribution in [-0.2, 0) is 19.7 Å². The van der Waals surface area contributed by atoms with E-state index in [9.17, 15) is 28.4 Å². The quantitative estimate of drug-likeness (QED) is 0.417. The summed E-state index contributed by atoms with van der Waals surface area (Å²) < 4.78 is 31.8. The number of ketones is 1. The number of carbonyl (C=O) groups is 2. The molecule has 0 spiro atoms. The van der Waals surface area contributed by atoms with Gasteiger partial charge >= 0.3 is 5.91 Å². The van der Waals surface area contributed by atoms with Crippen molar-refractivity contribution >= 4 is 44.6 Å². The molecule has 1 aromatic rings. The maximum atomic E-state index is 12.6. The van der Waals surface area contributed by atoms with Crippen molar-refractivity contribution in [2.24, 2.45) is 15.3 Å². The number of Topliss-reactive ketones (excluding diaryl/α,β-unsaturated/α-hetero) is 1.